The summed E-state index contributed by atoms with van der Waals surface area (Å²) >= 11 is 0. The number of ether oxygens (including phenoxy) is 2. The van der Waals surface area contributed by atoms with Gasteiger partial charge in [0.1, 0.15) is 5.75 Å². The first-order chi connectivity index (χ1) is 14.5. The van der Waals surface area contributed by atoms with E-state index >= 15 is 0 Å². The Morgan fingerprint density at radius 2 is 1.61 bits per heavy atom. The zero-order valence-corrected chi connectivity index (χ0v) is 17.9. The van der Waals surface area contributed by atoms with E-state index in [0.29, 0.717) is 17.7 Å². The van der Waals surface area contributed by atoms with Crippen molar-refractivity contribution in [1.29, 1.82) is 0 Å². The number of hydrogen-bond donors (Lipinski definition) is 1. The van der Waals surface area contributed by atoms with Gasteiger partial charge in [-0.1, -0.05) is 18.2 Å². The number of benzene rings is 2. The standard InChI is InChI=1S/C23H26F3NO4/c1-5-31-21(29)22(2,3)13-16-8-11-19(30-4)18(12-16)20(28)27-14-15-6-9-17(10-7-15)23(24,25)26/h6-12H,5,13-14H2,1-4H3,(H,27,28). The van der Waals surface area contributed by atoms with Crippen molar-refractivity contribution in [1.82, 2.24) is 5.32 Å². The number of rotatable bonds is 8. The van der Waals surface area contributed by atoms with Crippen molar-refractivity contribution in [2.45, 2.75) is 39.9 Å². The Bertz CT molecular complexity index is 921. The van der Waals surface area contributed by atoms with Crippen molar-refractivity contribution in [2.75, 3.05) is 13.7 Å². The summed E-state index contributed by atoms with van der Waals surface area (Å²) < 4.78 is 48.4. The fourth-order valence-corrected chi connectivity index (χ4v) is 3.04. The third-order valence-corrected chi connectivity index (χ3v) is 4.72. The van der Waals surface area contributed by atoms with Gasteiger partial charge in [-0.15, -0.1) is 0 Å². The Morgan fingerprint density at radius 1 is 1.00 bits per heavy atom. The second-order valence-corrected chi connectivity index (χ2v) is 7.69. The average Bonchev–Trinajstić information content (AvgIpc) is 2.71. The third kappa shape index (κ3) is 6.47. The van der Waals surface area contributed by atoms with Gasteiger partial charge in [0, 0.05) is 6.54 Å². The van der Waals surface area contributed by atoms with Gasteiger partial charge in [-0.05, 0) is 62.6 Å². The average molecular weight is 437 g/mol. The van der Waals surface area contributed by atoms with Gasteiger partial charge in [-0.2, -0.15) is 13.2 Å². The number of nitrogens with one attached hydrogen (secondary N) is 1. The lowest BCUT2D eigenvalue weighted by molar-refractivity contribution is -0.153. The summed E-state index contributed by atoms with van der Waals surface area (Å²) in [6, 6.07) is 9.63. The SMILES string of the molecule is CCOC(=O)C(C)(C)Cc1ccc(OC)c(C(=O)NCc2ccc(C(F)(F)F)cc2)c1. The van der Waals surface area contributed by atoms with E-state index in [1.807, 2.05) is 0 Å². The second-order valence-electron chi connectivity index (χ2n) is 7.69. The predicted molar refractivity (Wildman–Crippen MR) is 110 cm³/mol. The molecule has 0 aliphatic heterocycles. The van der Waals surface area contributed by atoms with Crippen molar-refractivity contribution >= 4 is 11.9 Å². The van der Waals surface area contributed by atoms with Crippen LogP contribution in [0.5, 0.6) is 5.75 Å². The number of esters is 1. The molecule has 0 aromatic heterocycles. The Kier molecular flexibility index (Phi) is 7.70. The molecular formula is C23H26F3NO4. The van der Waals surface area contributed by atoms with E-state index in [0.717, 1.165) is 17.7 Å². The van der Waals surface area contributed by atoms with Crippen molar-refractivity contribution in [3.05, 3.63) is 64.7 Å². The molecule has 0 spiro atoms. The fraction of sp³-hybridized carbons (Fsp3) is 0.391. The van der Waals surface area contributed by atoms with Gasteiger partial charge >= 0.3 is 12.1 Å². The van der Waals surface area contributed by atoms with Crippen LogP contribution in [0.4, 0.5) is 13.2 Å². The van der Waals surface area contributed by atoms with Gasteiger partial charge in [0.25, 0.3) is 5.91 Å². The lowest BCUT2D eigenvalue weighted by Gasteiger charge is -2.22. The molecule has 0 fully saturated rings. The van der Waals surface area contributed by atoms with Crippen LogP contribution in [0.1, 0.15) is 47.8 Å². The molecule has 2 rings (SSSR count). The summed E-state index contributed by atoms with van der Waals surface area (Å²) in [6.07, 6.45) is -4.05. The smallest absolute Gasteiger partial charge is 0.416 e. The van der Waals surface area contributed by atoms with E-state index in [1.165, 1.54) is 19.2 Å². The molecule has 0 heterocycles. The summed E-state index contributed by atoms with van der Waals surface area (Å²) in [7, 11) is 1.43. The number of methoxy groups -OCH3 is 1. The van der Waals surface area contributed by atoms with Crippen molar-refractivity contribution in [3.63, 3.8) is 0 Å². The topological polar surface area (TPSA) is 64.6 Å². The van der Waals surface area contributed by atoms with Gasteiger partial charge < -0.3 is 14.8 Å². The molecule has 8 heteroatoms. The van der Waals surface area contributed by atoms with Crippen LogP contribution in [-0.2, 0) is 28.7 Å². The van der Waals surface area contributed by atoms with Crippen molar-refractivity contribution < 1.29 is 32.2 Å². The molecule has 0 atom stereocenters. The molecule has 2 aromatic carbocycles. The highest BCUT2D eigenvalue weighted by Gasteiger charge is 2.31. The summed E-state index contributed by atoms with van der Waals surface area (Å²) in [6.45, 7) is 5.60. The Hall–Kier alpha value is -3.03. The lowest BCUT2D eigenvalue weighted by atomic mass is 9.85. The van der Waals surface area contributed by atoms with Crippen LogP contribution in [-0.4, -0.2) is 25.6 Å². The van der Waals surface area contributed by atoms with Crippen LogP contribution in [0.3, 0.4) is 0 Å². The van der Waals surface area contributed by atoms with E-state index in [2.05, 4.69) is 5.32 Å². The molecule has 5 nitrogen and oxygen atoms in total. The van der Waals surface area contributed by atoms with Crippen LogP contribution >= 0.6 is 0 Å². The highest BCUT2D eigenvalue weighted by Crippen LogP contribution is 2.29. The molecule has 1 amide bonds. The Balaban J connectivity index is 2.14. The van der Waals surface area contributed by atoms with E-state index in [-0.39, 0.29) is 24.7 Å². The van der Waals surface area contributed by atoms with Gasteiger partial charge in [-0.3, -0.25) is 9.59 Å². The molecule has 1 N–H and O–H groups in total. The highest BCUT2D eigenvalue weighted by atomic mass is 19.4. The molecular weight excluding hydrogens is 411 g/mol. The number of carbonyl (C=O) groups is 2. The number of alkyl halides is 3. The molecule has 168 valence electrons. The largest absolute Gasteiger partial charge is 0.496 e. The summed E-state index contributed by atoms with van der Waals surface area (Å²) in [4.78, 5) is 24.9. The van der Waals surface area contributed by atoms with Crippen LogP contribution in [0, 0.1) is 5.41 Å². The molecule has 0 unspecified atom stereocenters. The number of amides is 1. The molecule has 0 saturated heterocycles. The first kappa shape index (κ1) is 24.2. The van der Waals surface area contributed by atoms with Gasteiger partial charge in [-0.25, -0.2) is 0 Å². The number of carbonyl (C=O) groups excluding carboxylic acids is 2. The molecule has 0 radical (unpaired) electrons. The molecule has 2 aromatic rings. The quantitative estimate of drug-likeness (QED) is 0.604. The highest BCUT2D eigenvalue weighted by molar-refractivity contribution is 5.97. The summed E-state index contributed by atoms with van der Waals surface area (Å²) in [5.74, 6) is -0.422. The minimum atomic E-state index is -4.41. The van der Waals surface area contributed by atoms with Crippen LogP contribution < -0.4 is 10.1 Å². The first-order valence-corrected chi connectivity index (χ1v) is 9.76. The zero-order valence-electron chi connectivity index (χ0n) is 17.9. The van der Waals surface area contributed by atoms with E-state index < -0.39 is 23.1 Å². The molecule has 0 aliphatic rings. The summed E-state index contributed by atoms with van der Waals surface area (Å²) in [5, 5.41) is 2.69. The Labute approximate surface area is 179 Å². The monoisotopic (exact) mass is 437 g/mol. The van der Waals surface area contributed by atoms with Crippen molar-refractivity contribution in [2.24, 2.45) is 5.41 Å². The zero-order chi connectivity index (χ0) is 23.2. The van der Waals surface area contributed by atoms with E-state index in [4.69, 9.17) is 9.47 Å². The first-order valence-electron chi connectivity index (χ1n) is 9.76. The number of halogens is 3. The van der Waals surface area contributed by atoms with Gasteiger partial charge in [0.2, 0.25) is 0 Å². The second kappa shape index (κ2) is 9.85. The predicted octanol–water partition coefficient (Wildman–Crippen LogP) is 4.78. The molecule has 0 aliphatic carbocycles. The number of hydrogen-bond acceptors (Lipinski definition) is 4. The van der Waals surface area contributed by atoms with Crippen LogP contribution in [0.2, 0.25) is 0 Å². The maximum atomic E-state index is 12.7. The molecule has 0 bridgehead atoms. The minimum Gasteiger partial charge on any atom is -0.496 e. The van der Waals surface area contributed by atoms with Gasteiger partial charge in [0.15, 0.2) is 0 Å². The normalized spacial score (nSPS) is 11.7. The minimum absolute atomic E-state index is 0.0542. The molecule has 0 saturated carbocycles. The van der Waals surface area contributed by atoms with E-state index in [1.54, 1.807) is 39.0 Å². The third-order valence-electron chi connectivity index (χ3n) is 4.72. The maximum Gasteiger partial charge on any atom is 0.416 e. The van der Waals surface area contributed by atoms with Crippen LogP contribution in [0.15, 0.2) is 42.5 Å². The van der Waals surface area contributed by atoms with E-state index in [9.17, 15) is 22.8 Å². The fourth-order valence-electron chi connectivity index (χ4n) is 3.04. The van der Waals surface area contributed by atoms with Crippen molar-refractivity contribution in [3.8, 4) is 5.75 Å². The molecule has 31 heavy (non-hydrogen) atoms. The Morgan fingerprint density at radius 3 is 2.16 bits per heavy atom. The van der Waals surface area contributed by atoms with Gasteiger partial charge in [0.05, 0.1) is 30.3 Å². The lowest BCUT2D eigenvalue weighted by Crippen LogP contribution is -2.29. The maximum absolute atomic E-state index is 12.7. The summed E-state index contributed by atoms with van der Waals surface area (Å²) in [5.41, 5.74) is 0.0182. The van der Waals surface area contributed by atoms with Crippen LogP contribution in [0.25, 0.3) is 0 Å².